The molecular formula is C21H23N3O3. The summed E-state index contributed by atoms with van der Waals surface area (Å²) in [5.74, 6) is -0.567. The first-order valence-corrected chi connectivity index (χ1v) is 9.11. The third-order valence-electron chi connectivity index (χ3n) is 4.58. The van der Waals surface area contributed by atoms with Gasteiger partial charge in [-0.15, -0.1) is 0 Å². The zero-order chi connectivity index (χ0) is 19.4. The van der Waals surface area contributed by atoms with Crippen LogP contribution in [0.25, 0.3) is 0 Å². The van der Waals surface area contributed by atoms with Crippen LogP contribution >= 0.6 is 0 Å². The van der Waals surface area contributed by atoms with E-state index in [0.717, 1.165) is 12.8 Å². The van der Waals surface area contributed by atoms with Crippen LogP contribution in [-0.4, -0.2) is 24.3 Å². The molecule has 1 aliphatic heterocycles. The summed E-state index contributed by atoms with van der Waals surface area (Å²) in [6, 6.07) is 13.9. The summed E-state index contributed by atoms with van der Waals surface area (Å²) in [5.41, 5.74) is 2.40. The predicted octanol–water partition coefficient (Wildman–Crippen LogP) is 3.66. The van der Waals surface area contributed by atoms with Crippen molar-refractivity contribution in [1.82, 2.24) is 0 Å². The molecule has 0 fully saturated rings. The number of amides is 3. The first-order chi connectivity index (χ1) is 13.0. The van der Waals surface area contributed by atoms with Crippen molar-refractivity contribution >= 4 is 34.8 Å². The predicted molar refractivity (Wildman–Crippen MR) is 106 cm³/mol. The van der Waals surface area contributed by atoms with E-state index in [0.29, 0.717) is 22.6 Å². The van der Waals surface area contributed by atoms with Crippen molar-refractivity contribution in [2.45, 2.75) is 26.7 Å². The van der Waals surface area contributed by atoms with Gasteiger partial charge in [-0.05, 0) is 42.8 Å². The van der Waals surface area contributed by atoms with Gasteiger partial charge >= 0.3 is 0 Å². The van der Waals surface area contributed by atoms with Gasteiger partial charge in [0.2, 0.25) is 11.8 Å². The topological polar surface area (TPSA) is 78.5 Å². The molecule has 6 heteroatoms. The molecule has 3 rings (SSSR count). The molecule has 140 valence electrons. The lowest BCUT2D eigenvalue weighted by atomic mass is 10.1. The van der Waals surface area contributed by atoms with Crippen molar-refractivity contribution in [2.24, 2.45) is 5.92 Å². The molecule has 0 saturated carbocycles. The Labute approximate surface area is 158 Å². The molecule has 2 aromatic carbocycles. The molecule has 6 nitrogen and oxygen atoms in total. The van der Waals surface area contributed by atoms with E-state index in [1.54, 1.807) is 36.4 Å². The fraction of sp³-hybridized carbons (Fsp3) is 0.286. The zero-order valence-corrected chi connectivity index (χ0v) is 15.5. The standard InChI is InChI=1S/C21H23N3O3/c1-3-6-14(2)20(26)22-16-11-9-15(10-12-16)21(27)24-13-19(25)23-17-7-4-5-8-18(17)24/h4-5,7-12,14H,3,6,13H2,1-2H3,(H,22,26)(H,23,25). The highest BCUT2D eigenvalue weighted by molar-refractivity contribution is 6.15. The SMILES string of the molecule is CCCC(C)C(=O)Nc1ccc(C(=O)N2CC(=O)Nc3ccccc32)cc1. The van der Waals surface area contributed by atoms with Gasteiger partial charge < -0.3 is 10.6 Å². The van der Waals surface area contributed by atoms with Gasteiger partial charge in [-0.3, -0.25) is 19.3 Å². The molecule has 1 aliphatic rings. The highest BCUT2D eigenvalue weighted by Crippen LogP contribution is 2.30. The lowest BCUT2D eigenvalue weighted by Gasteiger charge is -2.29. The van der Waals surface area contributed by atoms with Gasteiger partial charge in [0.05, 0.1) is 11.4 Å². The number of hydrogen-bond acceptors (Lipinski definition) is 3. The van der Waals surface area contributed by atoms with E-state index in [9.17, 15) is 14.4 Å². The van der Waals surface area contributed by atoms with Crippen LogP contribution < -0.4 is 15.5 Å². The second-order valence-corrected chi connectivity index (χ2v) is 6.71. The Kier molecular flexibility index (Phi) is 5.54. The minimum Gasteiger partial charge on any atom is -0.326 e. The highest BCUT2D eigenvalue weighted by Gasteiger charge is 2.27. The van der Waals surface area contributed by atoms with Crippen LogP contribution in [0.15, 0.2) is 48.5 Å². The van der Waals surface area contributed by atoms with E-state index in [-0.39, 0.29) is 30.2 Å². The third-order valence-corrected chi connectivity index (χ3v) is 4.58. The molecule has 2 aromatic rings. The molecule has 1 atom stereocenters. The minimum atomic E-state index is -0.255. The third kappa shape index (κ3) is 4.16. The molecule has 1 heterocycles. The number of benzene rings is 2. The number of anilines is 3. The van der Waals surface area contributed by atoms with E-state index >= 15 is 0 Å². The number of carbonyl (C=O) groups is 3. The van der Waals surface area contributed by atoms with Crippen LogP contribution in [0, 0.1) is 5.92 Å². The Morgan fingerprint density at radius 2 is 1.85 bits per heavy atom. The zero-order valence-electron chi connectivity index (χ0n) is 15.5. The smallest absolute Gasteiger partial charge is 0.258 e. The number of fused-ring (bicyclic) bond motifs is 1. The number of hydrogen-bond donors (Lipinski definition) is 2. The maximum absolute atomic E-state index is 12.9. The number of nitrogens with one attached hydrogen (secondary N) is 2. The van der Waals surface area contributed by atoms with Crippen molar-refractivity contribution in [3.05, 3.63) is 54.1 Å². The molecule has 0 saturated heterocycles. The number of rotatable bonds is 5. The molecule has 3 amide bonds. The largest absolute Gasteiger partial charge is 0.326 e. The molecule has 0 spiro atoms. The van der Waals surface area contributed by atoms with Crippen LogP contribution in [0.5, 0.6) is 0 Å². The Morgan fingerprint density at radius 3 is 2.56 bits per heavy atom. The van der Waals surface area contributed by atoms with Crippen LogP contribution in [0.4, 0.5) is 17.1 Å². The summed E-state index contributed by atoms with van der Waals surface area (Å²) in [6.07, 6.45) is 1.78. The fourth-order valence-electron chi connectivity index (χ4n) is 3.10. The Morgan fingerprint density at radius 1 is 1.15 bits per heavy atom. The van der Waals surface area contributed by atoms with Crippen LogP contribution in [0.3, 0.4) is 0 Å². The highest BCUT2D eigenvalue weighted by atomic mass is 16.2. The van der Waals surface area contributed by atoms with Crippen molar-refractivity contribution in [3.8, 4) is 0 Å². The average Bonchev–Trinajstić information content (AvgIpc) is 2.67. The number of para-hydroxylation sites is 2. The maximum atomic E-state index is 12.9. The van der Waals surface area contributed by atoms with Gasteiger partial charge in [-0.2, -0.15) is 0 Å². The van der Waals surface area contributed by atoms with E-state index in [1.807, 2.05) is 26.0 Å². The number of carbonyl (C=O) groups excluding carboxylic acids is 3. The summed E-state index contributed by atoms with van der Waals surface area (Å²) in [5, 5.41) is 5.63. The van der Waals surface area contributed by atoms with Gasteiger partial charge in [0.25, 0.3) is 5.91 Å². The Balaban J connectivity index is 1.75. The van der Waals surface area contributed by atoms with Crippen LogP contribution in [0.1, 0.15) is 37.0 Å². The monoisotopic (exact) mass is 365 g/mol. The van der Waals surface area contributed by atoms with Gasteiger partial charge in [0.1, 0.15) is 6.54 Å². The fourth-order valence-corrected chi connectivity index (χ4v) is 3.10. The van der Waals surface area contributed by atoms with Crippen molar-refractivity contribution < 1.29 is 14.4 Å². The summed E-state index contributed by atoms with van der Waals surface area (Å²) >= 11 is 0. The van der Waals surface area contributed by atoms with E-state index in [2.05, 4.69) is 10.6 Å². The molecule has 0 bridgehead atoms. The van der Waals surface area contributed by atoms with Gasteiger partial charge in [0, 0.05) is 17.2 Å². The lowest BCUT2D eigenvalue weighted by molar-refractivity contribution is -0.119. The molecule has 0 radical (unpaired) electrons. The van der Waals surface area contributed by atoms with Gasteiger partial charge in [-0.1, -0.05) is 32.4 Å². The first kappa shape index (κ1) is 18.6. The van der Waals surface area contributed by atoms with Crippen molar-refractivity contribution in [2.75, 3.05) is 22.1 Å². The summed E-state index contributed by atoms with van der Waals surface area (Å²) in [4.78, 5) is 38.4. The average molecular weight is 365 g/mol. The molecule has 0 aliphatic carbocycles. The lowest BCUT2D eigenvalue weighted by Crippen LogP contribution is -2.42. The van der Waals surface area contributed by atoms with E-state index < -0.39 is 0 Å². The van der Waals surface area contributed by atoms with Gasteiger partial charge in [0.15, 0.2) is 0 Å². The summed E-state index contributed by atoms with van der Waals surface area (Å²) < 4.78 is 0. The van der Waals surface area contributed by atoms with Crippen LogP contribution in [0.2, 0.25) is 0 Å². The van der Waals surface area contributed by atoms with E-state index in [1.165, 1.54) is 4.90 Å². The van der Waals surface area contributed by atoms with E-state index in [4.69, 9.17) is 0 Å². The molecule has 1 unspecified atom stereocenters. The molecule has 0 aromatic heterocycles. The van der Waals surface area contributed by atoms with Gasteiger partial charge in [-0.25, -0.2) is 0 Å². The Hall–Kier alpha value is -3.15. The first-order valence-electron chi connectivity index (χ1n) is 9.11. The molecular weight excluding hydrogens is 342 g/mol. The quantitative estimate of drug-likeness (QED) is 0.849. The normalized spacial score (nSPS) is 14.1. The van der Waals surface area contributed by atoms with Crippen molar-refractivity contribution in [3.63, 3.8) is 0 Å². The van der Waals surface area contributed by atoms with Crippen molar-refractivity contribution in [1.29, 1.82) is 0 Å². The number of nitrogens with zero attached hydrogens (tertiary/aromatic N) is 1. The maximum Gasteiger partial charge on any atom is 0.258 e. The second kappa shape index (κ2) is 8.03. The Bertz CT molecular complexity index is 861. The minimum absolute atomic E-state index is 0.0249. The molecule has 2 N–H and O–H groups in total. The summed E-state index contributed by atoms with van der Waals surface area (Å²) in [6.45, 7) is 3.92. The van der Waals surface area contributed by atoms with Crippen LogP contribution in [-0.2, 0) is 9.59 Å². The molecule has 27 heavy (non-hydrogen) atoms. The second-order valence-electron chi connectivity index (χ2n) is 6.71. The summed E-state index contributed by atoms with van der Waals surface area (Å²) in [7, 11) is 0.